The van der Waals surface area contributed by atoms with Gasteiger partial charge in [0.25, 0.3) is 0 Å². The predicted molar refractivity (Wildman–Crippen MR) is 66.1 cm³/mol. The van der Waals surface area contributed by atoms with Crippen LogP contribution < -0.4 is 5.32 Å². The molecule has 1 aromatic rings. The largest absolute Gasteiger partial charge is 0.387 e. The van der Waals surface area contributed by atoms with Crippen LogP contribution in [0.1, 0.15) is 18.3 Å². The molecule has 0 radical (unpaired) electrons. The summed E-state index contributed by atoms with van der Waals surface area (Å²) in [4.78, 5) is 0. The number of aliphatic hydroxyl groups is 1. The summed E-state index contributed by atoms with van der Waals surface area (Å²) < 4.78 is 1.68. The van der Waals surface area contributed by atoms with E-state index < -0.39 is 0 Å². The van der Waals surface area contributed by atoms with E-state index >= 15 is 0 Å². The third-order valence-corrected chi connectivity index (χ3v) is 1.99. The van der Waals surface area contributed by atoms with Crippen molar-refractivity contribution < 1.29 is 5.11 Å². The number of hydrogen-bond acceptors (Lipinski definition) is 3. The van der Waals surface area contributed by atoms with Crippen molar-refractivity contribution in [3.05, 3.63) is 30.1 Å². The summed E-state index contributed by atoms with van der Waals surface area (Å²) in [7, 11) is 1.80. The number of aliphatic hydroxyl groups excluding tert-OH is 1. The molecule has 0 amide bonds. The molecule has 4 nitrogen and oxygen atoms in total. The summed E-state index contributed by atoms with van der Waals surface area (Å²) in [6.45, 7) is 5.54. The van der Waals surface area contributed by atoms with Crippen LogP contribution in [-0.2, 0) is 0 Å². The molecular weight excluding hydrogens is 202 g/mol. The molecule has 1 aromatic heterocycles. The van der Waals surface area contributed by atoms with Crippen LogP contribution in [0.15, 0.2) is 23.8 Å². The van der Waals surface area contributed by atoms with Crippen molar-refractivity contribution in [2.75, 3.05) is 13.7 Å². The van der Waals surface area contributed by atoms with Gasteiger partial charge in [-0.3, -0.25) is 0 Å². The molecule has 1 rings (SSSR count). The minimum Gasteiger partial charge on any atom is -0.387 e. The lowest BCUT2D eigenvalue weighted by Crippen LogP contribution is -2.07. The minimum atomic E-state index is -0.163. The quantitative estimate of drug-likeness (QED) is 0.583. The normalized spacial score (nSPS) is 9.94. The smallest absolute Gasteiger partial charge is 0.115 e. The topological polar surface area (TPSA) is 49.5 Å². The maximum Gasteiger partial charge on any atom is 0.115 e. The third-order valence-electron chi connectivity index (χ3n) is 1.99. The van der Waals surface area contributed by atoms with Crippen molar-refractivity contribution in [1.29, 1.82) is 0 Å². The van der Waals surface area contributed by atoms with E-state index in [0.29, 0.717) is 0 Å². The third kappa shape index (κ3) is 2.53. The minimum absolute atomic E-state index is 0.163. The molecule has 0 atom stereocenters. The first kappa shape index (κ1) is 12.1. The Bertz CT molecular complexity index is 460. The van der Waals surface area contributed by atoms with E-state index in [1.54, 1.807) is 17.9 Å². The van der Waals surface area contributed by atoms with Crippen LogP contribution in [0.4, 0.5) is 0 Å². The van der Waals surface area contributed by atoms with Gasteiger partial charge in [-0.1, -0.05) is 12.5 Å². The number of aromatic nitrogens is 1. The zero-order valence-corrected chi connectivity index (χ0v) is 9.49. The summed E-state index contributed by atoms with van der Waals surface area (Å²) in [5.74, 6) is 5.42. The van der Waals surface area contributed by atoms with Gasteiger partial charge in [-0.2, -0.15) is 5.10 Å². The van der Waals surface area contributed by atoms with E-state index in [4.69, 9.17) is 5.11 Å². The molecule has 0 fully saturated rings. The van der Waals surface area contributed by atoms with Gasteiger partial charge in [0.1, 0.15) is 12.3 Å². The number of nitrogens with one attached hydrogen (secondary N) is 1. The van der Waals surface area contributed by atoms with Crippen molar-refractivity contribution >= 4 is 11.9 Å². The first-order valence-corrected chi connectivity index (χ1v) is 4.92. The SMILES string of the molecule is C=C(NC)c1ccc(C#CCO)n1/N=C\C. The van der Waals surface area contributed by atoms with Crippen LogP contribution in [-0.4, -0.2) is 29.7 Å². The van der Waals surface area contributed by atoms with Crippen molar-refractivity contribution in [3.63, 3.8) is 0 Å². The van der Waals surface area contributed by atoms with Crippen LogP contribution >= 0.6 is 0 Å². The summed E-state index contributed by atoms with van der Waals surface area (Å²) >= 11 is 0. The lowest BCUT2D eigenvalue weighted by molar-refractivity contribution is 0.350. The van der Waals surface area contributed by atoms with Gasteiger partial charge < -0.3 is 10.4 Å². The van der Waals surface area contributed by atoms with Crippen molar-refractivity contribution in [3.8, 4) is 11.8 Å². The molecule has 0 unspecified atom stereocenters. The van der Waals surface area contributed by atoms with E-state index in [9.17, 15) is 0 Å². The van der Waals surface area contributed by atoms with E-state index in [1.165, 1.54) is 0 Å². The molecule has 0 aliphatic carbocycles. The number of hydrogen-bond donors (Lipinski definition) is 2. The van der Waals surface area contributed by atoms with Crippen LogP contribution in [0.5, 0.6) is 0 Å². The second-order valence-electron chi connectivity index (χ2n) is 2.98. The van der Waals surface area contributed by atoms with Crippen LogP contribution in [0.25, 0.3) is 5.70 Å². The molecule has 2 N–H and O–H groups in total. The van der Waals surface area contributed by atoms with Gasteiger partial charge in [0.15, 0.2) is 0 Å². The molecule has 0 bridgehead atoms. The Balaban J connectivity index is 3.21. The molecule has 0 saturated heterocycles. The van der Waals surface area contributed by atoms with Gasteiger partial charge in [0.2, 0.25) is 0 Å². The second kappa shape index (κ2) is 5.79. The van der Waals surface area contributed by atoms with Crippen LogP contribution in [0.2, 0.25) is 0 Å². The van der Waals surface area contributed by atoms with E-state index in [-0.39, 0.29) is 6.61 Å². The summed E-state index contributed by atoms with van der Waals surface area (Å²) in [6, 6.07) is 3.72. The molecule has 16 heavy (non-hydrogen) atoms. The van der Waals surface area contributed by atoms with Crippen molar-refractivity contribution in [2.24, 2.45) is 5.10 Å². The molecular formula is C12H15N3O. The lowest BCUT2D eigenvalue weighted by atomic mass is 10.3. The van der Waals surface area contributed by atoms with Gasteiger partial charge in [-0.25, -0.2) is 4.68 Å². The van der Waals surface area contributed by atoms with Gasteiger partial charge in [-0.15, -0.1) is 0 Å². The van der Waals surface area contributed by atoms with E-state index in [1.807, 2.05) is 19.1 Å². The highest BCUT2D eigenvalue weighted by Crippen LogP contribution is 2.14. The fraction of sp³-hybridized carbons (Fsp3) is 0.250. The molecule has 0 aromatic carbocycles. The molecule has 0 spiro atoms. The maximum absolute atomic E-state index is 8.66. The molecule has 0 saturated carbocycles. The highest BCUT2D eigenvalue weighted by Gasteiger charge is 2.07. The predicted octanol–water partition coefficient (Wildman–Crippen LogP) is 0.876. The van der Waals surface area contributed by atoms with Crippen molar-refractivity contribution in [1.82, 2.24) is 9.99 Å². The average molecular weight is 217 g/mol. The Hall–Kier alpha value is -1.99. The average Bonchev–Trinajstić information content (AvgIpc) is 2.69. The van der Waals surface area contributed by atoms with Gasteiger partial charge in [0, 0.05) is 13.3 Å². The molecule has 0 aliphatic rings. The lowest BCUT2D eigenvalue weighted by Gasteiger charge is -2.06. The molecule has 0 aliphatic heterocycles. The second-order valence-corrected chi connectivity index (χ2v) is 2.98. The molecule has 84 valence electrons. The highest BCUT2D eigenvalue weighted by atomic mass is 16.2. The summed E-state index contributed by atoms with van der Waals surface area (Å²) in [5, 5.41) is 15.8. The zero-order chi connectivity index (χ0) is 12.0. The molecule has 4 heteroatoms. The van der Waals surface area contributed by atoms with Gasteiger partial charge >= 0.3 is 0 Å². The molecule has 1 heterocycles. The summed E-state index contributed by atoms with van der Waals surface area (Å²) in [6.07, 6.45) is 1.68. The van der Waals surface area contributed by atoms with Crippen molar-refractivity contribution in [2.45, 2.75) is 6.92 Å². The monoisotopic (exact) mass is 217 g/mol. The Labute approximate surface area is 95.3 Å². The zero-order valence-electron chi connectivity index (χ0n) is 9.49. The Morgan fingerprint density at radius 2 is 2.44 bits per heavy atom. The highest BCUT2D eigenvalue weighted by molar-refractivity contribution is 5.62. The summed E-state index contributed by atoms with van der Waals surface area (Å²) in [5.41, 5.74) is 2.34. The Morgan fingerprint density at radius 3 is 3.00 bits per heavy atom. The fourth-order valence-electron chi connectivity index (χ4n) is 1.25. The fourth-order valence-corrected chi connectivity index (χ4v) is 1.25. The van der Waals surface area contributed by atoms with E-state index in [0.717, 1.165) is 17.1 Å². The van der Waals surface area contributed by atoms with Crippen LogP contribution in [0, 0.1) is 11.8 Å². The van der Waals surface area contributed by atoms with Gasteiger partial charge in [0.05, 0.1) is 11.4 Å². The number of nitrogens with zero attached hydrogens (tertiary/aromatic N) is 2. The van der Waals surface area contributed by atoms with E-state index in [2.05, 4.69) is 28.8 Å². The standard InChI is InChI=1S/C12H15N3O/c1-4-14-15-11(6-5-9-16)7-8-12(15)10(2)13-3/h4,7-8,13,16H,2,9H2,1,3H3/b14-4-. The Morgan fingerprint density at radius 1 is 1.69 bits per heavy atom. The van der Waals surface area contributed by atoms with Crippen LogP contribution in [0.3, 0.4) is 0 Å². The first-order valence-electron chi connectivity index (χ1n) is 4.92. The maximum atomic E-state index is 8.66. The Kier molecular flexibility index (Phi) is 4.37. The first-order chi connectivity index (χ1) is 7.74. The number of rotatable bonds is 3. The van der Waals surface area contributed by atoms with Gasteiger partial charge in [-0.05, 0) is 25.0 Å².